The fourth-order valence-corrected chi connectivity index (χ4v) is 6.69. The summed E-state index contributed by atoms with van der Waals surface area (Å²) >= 11 is 0. The molecule has 1 saturated heterocycles. The number of amides is 6. The van der Waals surface area contributed by atoms with Crippen molar-refractivity contribution in [2.24, 2.45) is 17.3 Å². The van der Waals surface area contributed by atoms with Gasteiger partial charge in [0, 0.05) is 19.6 Å². The Hall–Kier alpha value is -4.16. The van der Waals surface area contributed by atoms with Crippen LogP contribution >= 0.6 is 0 Å². The van der Waals surface area contributed by atoms with Crippen LogP contribution in [0.15, 0.2) is 36.0 Å². The van der Waals surface area contributed by atoms with Gasteiger partial charge in [-0.2, -0.15) is 0 Å². The van der Waals surface area contributed by atoms with E-state index in [2.05, 4.69) is 52.2 Å². The third-order valence-corrected chi connectivity index (χ3v) is 9.62. The minimum Gasteiger partial charge on any atom is -0.447 e. The highest BCUT2D eigenvalue weighted by Crippen LogP contribution is 2.41. The lowest BCUT2D eigenvalue weighted by molar-refractivity contribution is -0.143. The van der Waals surface area contributed by atoms with E-state index in [1.807, 2.05) is 27.7 Å². The number of ether oxygens (including phenoxy) is 1. The van der Waals surface area contributed by atoms with E-state index < -0.39 is 59.3 Å². The number of Topliss-reactive ketones (excluding diaryl/α,β-unsaturated/α-hetero) is 1. The fraction of sp³-hybridized carbons (Fsp3) is 0.676. The van der Waals surface area contributed by atoms with Gasteiger partial charge in [-0.1, -0.05) is 65.7 Å². The highest BCUT2D eigenvalue weighted by Gasteiger charge is 2.44. The fourth-order valence-electron chi connectivity index (χ4n) is 6.69. The monoisotopic (exact) mass is 698 g/mol. The molecule has 278 valence electrons. The van der Waals surface area contributed by atoms with Crippen LogP contribution in [0.3, 0.4) is 0 Å². The van der Waals surface area contributed by atoms with Crippen LogP contribution in [0.2, 0.25) is 0 Å². The minimum atomic E-state index is -1.03. The van der Waals surface area contributed by atoms with Gasteiger partial charge in [-0.15, -0.1) is 6.58 Å². The number of likely N-dealkylation sites (tertiary alicyclic amines) is 1. The van der Waals surface area contributed by atoms with Crippen LogP contribution in [0.25, 0.3) is 0 Å². The first-order valence-corrected chi connectivity index (χ1v) is 18.1. The average Bonchev–Trinajstić information content (AvgIpc) is 3.72. The molecule has 1 aliphatic heterocycles. The molecule has 5 N–H and O–H groups in total. The minimum absolute atomic E-state index is 0.0691. The molecule has 50 heavy (non-hydrogen) atoms. The van der Waals surface area contributed by atoms with Gasteiger partial charge in [0.2, 0.25) is 17.6 Å². The van der Waals surface area contributed by atoms with E-state index in [0.29, 0.717) is 51.1 Å². The zero-order valence-corrected chi connectivity index (χ0v) is 30.7. The first kappa shape index (κ1) is 40.3. The number of allylic oxidation sites excluding steroid dienone is 4. The summed E-state index contributed by atoms with van der Waals surface area (Å²) in [5.41, 5.74) is 1.88. The van der Waals surface area contributed by atoms with Gasteiger partial charge in [-0.3, -0.25) is 19.2 Å². The number of rotatable bonds is 16. The van der Waals surface area contributed by atoms with Crippen molar-refractivity contribution in [3.05, 3.63) is 36.0 Å². The molecule has 13 nitrogen and oxygen atoms in total. The van der Waals surface area contributed by atoms with Gasteiger partial charge in [-0.05, 0) is 73.8 Å². The molecule has 0 spiro atoms. The average molecular weight is 699 g/mol. The molecule has 3 rings (SSSR count). The van der Waals surface area contributed by atoms with E-state index in [9.17, 15) is 28.8 Å². The smallest absolute Gasteiger partial charge is 0.407 e. The summed E-state index contributed by atoms with van der Waals surface area (Å²) in [5.74, 6) is -2.28. The van der Waals surface area contributed by atoms with E-state index in [-0.39, 0.29) is 31.4 Å². The topological polar surface area (TPSA) is 175 Å². The molecule has 0 aromatic heterocycles. The summed E-state index contributed by atoms with van der Waals surface area (Å²) in [7, 11) is 0. The van der Waals surface area contributed by atoms with Crippen molar-refractivity contribution in [1.29, 1.82) is 0 Å². The Morgan fingerprint density at radius 1 is 1.04 bits per heavy atom. The van der Waals surface area contributed by atoms with Crippen molar-refractivity contribution in [3.63, 3.8) is 0 Å². The van der Waals surface area contributed by atoms with Crippen LogP contribution in [-0.2, 0) is 23.9 Å². The molecular weight excluding hydrogens is 640 g/mol. The summed E-state index contributed by atoms with van der Waals surface area (Å²) in [6, 6.07) is -3.98. The lowest BCUT2D eigenvalue weighted by atomic mass is 9.87. The maximum absolute atomic E-state index is 14.5. The molecule has 6 atom stereocenters. The second-order valence-corrected chi connectivity index (χ2v) is 14.7. The van der Waals surface area contributed by atoms with Crippen molar-refractivity contribution in [1.82, 2.24) is 31.5 Å². The Bertz CT molecular complexity index is 1340. The molecule has 2 fully saturated rings. The highest BCUT2D eigenvalue weighted by atomic mass is 16.5. The molecule has 6 amide bonds. The third-order valence-electron chi connectivity index (χ3n) is 9.62. The molecule has 3 aliphatic rings. The third kappa shape index (κ3) is 11.2. The van der Waals surface area contributed by atoms with Crippen molar-refractivity contribution < 1.29 is 33.5 Å². The predicted molar refractivity (Wildman–Crippen MR) is 191 cm³/mol. The molecule has 0 bridgehead atoms. The number of fused-ring (bicyclic) bond motifs is 1. The summed E-state index contributed by atoms with van der Waals surface area (Å²) < 4.78 is 5.35. The second-order valence-electron chi connectivity index (χ2n) is 14.7. The molecule has 0 aromatic carbocycles. The molecule has 1 heterocycles. The number of hydrogen-bond donors (Lipinski definition) is 5. The first-order valence-electron chi connectivity index (χ1n) is 18.1. The number of ketones is 1. The van der Waals surface area contributed by atoms with Gasteiger partial charge < -0.3 is 36.2 Å². The zero-order chi connectivity index (χ0) is 37.0. The van der Waals surface area contributed by atoms with Gasteiger partial charge in [0.05, 0.1) is 12.1 Å². The van der Waals surface area contributed by atoms with Gasteiger partial charge in [0.15, 0.2) is 0 Å². The SMILES string of the molecule is C=CCNC(=O)C(=O)C(CCCC)NC(=O)[C@@H]1CCCN1C(=O)[C@@H](NC(=O)N[C@H](COC(=O)NCC)C(C)(C)C)C1CC2=CCC(C)C=C2C1. The van der Waals surface area contributed by atoms with Crippen LogP contribution in [0.4, 0.5) is 9.59 Å². The van der Waals surface area contributed by atoms with E-state index in [4.69, 9.17) is 4.74 Å². The number of nitrogens with zero attached hydrogens (tertiary/aromatic N) is 1. The summed E-state index contributed by atoms with van der Waals surface area (Å²) in [6.45, 7) is 15.9. The lowest BCUT2D eigenvalue weighted by Crippen LogP contribution is -2.60. The van der Waals surface area contributed by atoms with Gasteiger partial charge in [0.1, 0.15) is 18.7 Å². The van der Waals surface area contributed by atoms with Crippen LogP contribution < -0.4 is 26.6 Å². The van der Waals surface area contributed by atoms with E-state index >= 15 is 0 Å². The molecular formula is C37H58N6O7. The van der Waals surface area contributed by atoms with E-state index in [0.717, 1.165) is 12.8 Å². The molecule has 0 radical (unpaired) electrons. The standard InChI is InChI=1S/C37H58N6O7/c1-8-11-13-27(31(44)33(46)39-17-9-2)40-32(45)28-14-12-18-43(28)34(47)30(26-20-24-16-15-23(4)19-25(24)21-26)42-35(48)41-29(37(5,6)7)22-50-36(49)38-10-3/h9,16,19,23,26-30H,2,8,10-15,17-18,20-22H2,1,3-7H3,(H,38,49)(H,39,46)(H,40,45)(H2,41,42,48)/t23?,26?,27?,28-,29+,30-/m0/s1. The number of unbranched alkanes of at least 4 members (excludes halogenated alkanes) is 1. The molecule has 1 saturated carbocycles. The number of alkyl carbamates (subject to hydrolysis) is 1. The predicted octanol–water partition coefficient (Wildman–Crippen LogP) is 3.65. The number of carbonyl (C=O) groups is 6. The van der Waals surface area contributed by atoms with Crippen LogP contribution in [0, 0.1) is 17.3 Å². The Kier molecular flexibility index (Phi) is 15.1. The summed E-state index contributed by atoms with van der Waals surface area (Å²) in [6.07, 6.45) is 10.1. The number of carbonyl (C=O) groups excluding carboxylic acids is 6. The van der Waals surface area contributed by atoms with Gasteiger partial charge >= 0.3 is 12.1 Å². The quantitative estimate of drug-likeness (QED) is 0.121. The molecule has 2 aliphatic carbocycles. The van der Waals surface area contributed by atoms with Gasteiger partial charge in [0.25, 0.3) is 5.91 Å². The largest absolute Gasteiger partial charge is 0.447 e. The maximum atomic E-state index is 14.5. The summed E-state index contributed by atoms with van der Waals surface area (Å²) in [5, 5.41) is 13.7. The molecule has 0 aromatic rings. The van der Waals surface area contributed by atoms with Gasteiger partial charge in [-0.25, -0.2) is 9.59 Å². The lowest BCUT2D eigenvalue weighted by Gasteiger charge is -2.34. The van der Waals surface area contributed by atoms with E-state index in [1.54, 1.807) is 6.92 Å². The number of hydrogen-bond acceptors (Lipinski definition) is 7. The Labute approximate surface area is 296 Å². The normalized spacial score (nSPS) is 21.7. The van der Waals surface area contributed by atoms with Crippen LogP contribution in [0.5, 0.6) is 0 Å². The van der Waals surface area contributed by atoms with Crippen molar-refractivity contribution in [2.75, 3.05) is 26.2 Å². The molecule has 3 unspecified atom stereocenters. The van der Waals surface area contributed by atoms with E-state index in [1.165, 1.54) is 22.1 Å². The van der Waals surface area contributed by atoms with Crippen molar-refractivity contribution in [2.45, 2.75) is 117 Å². The zero-order valence-electron chi connectivity index (χ0n) is 30.7. The Balaban J connectivity index is 1.83. The second kappa shape index (κ2) is 18.7. The Morgan fingerprint density at radius 3 is 2.42 bits per heavy atom. The number of nitrogens with one attached hydrogen (secondary N) is 5. The van der Waals surface area contributed by atoms with Crippen molar-refractivity contribution in [3.8, 4) is 0 Å². The summed E-state index contributed by atoms with van der Waals surface area (Å²) in [4.78, 5) is 80.9. The maximum Gasteiger partial charge on any atom is 0.407 e. The van der Waals surface area contributed by atoms with Crippen LogP contribution in [-0.4, -0.2) is 90.9 Å². The Morgan fingerprint density at radius 2 is 1.76 bits per heavy atom. The van der Waals surface area contributed by atoms with Crippen LogP contribution in [0.1, 0.15) is 92.9 Å². The highest BCUT2D eigenvalue weighted by molar-refractivity contribution is 6.38. The van der Waals surface area contributed by atoms with Crippen molar-refractivity contribution >= 4 is 35.6 Å². The molecule has 13 heteroatoms. The number of urea groups is 1. The first-order chi connectivity index (χ1) is 23.7.